The van der Waals surface area contributed by atoms with Gasteiger partial charge < -0.3 is 33.3 Å². The van der Waals surface area contributed by atoms with Crippen LogP contribution in [0, 0.1) is 0 Å². The van der Waals surface area contributed by atoms with Gasteiger partial charge in [-0.15, -0.1) is 10.2 Å². The Morgan fingerprint density at radius 1 is 0.837 bits per heavy atom. The molecule has 0 fully saturated rings. The van der Waals surface area contributed by atoms with Crippen molar-refractivity contribution in [2.24, 2.45) is 5.16 Å². The van der Waals surface area contributed by atoms with E-state index in [4.69, 9.17) is 44.9 Å². The fourth-order valence-electron chi connectivity index (χ4n) is 3.89. The highest BCUT2D eigenvalue weighted by Gasteiger charge is 2.23. The van der Waals surface area contributed by atoms with Crippen LogP contribution in [0.2, 0.25) is 5.15 Å². The number of oxime groups is 1. The molecule has 4 rings (SSSR count). The molecule has 0 aliphatic heterocycles. The third kappa shape index (κ3) is 7.04. The van der Waals surface area contributed by atoms with Gasteiger partial charge >= 0.3 is 5.97 Å². The zero-order valence-electron chi connectivity index (χ0n) is 24.0. The van der Waals surface area contributed by atoms with Gasteiger partial charge in [0.05, 0.1) is 48.2 Å². The van der Waals surface area contributed by atoms with Crippen LogP contribution in [0.3, 0.4) is 0 Å². The van der Waals surface area contributed by atoms with Crippen LogP contribution in [0.15, 0.2) is 52.1 Å². The summed E-state index contributed by atoms with van der Waals surface area (Å²) in [6, 6.07) is 10.1. The van der Waals surface area contributed by atoms with Crippen molar-refractivity contribution in [3.63, 3.8) is 0 Å². The van der Waals surface area contributed by atoms with Gasteiger partial charge in [-0.1, -0.05) is 39.9 Å². The minimum Gasteiger partial charge on any atom is -0.493 e. The molecular formula is C28H27ClN4O8S2. The summed E-state index contributed by atoms with van der Waals surface area (Å²) in [7, 11) is 9.12. The number of rotatable bonds is 13. The molecule has 2 heterocycles. The number of pyridine rings is 1. The number of ether oxygens (including phenoxy) is 6. The van der Waals surface area contributed by atoms with E-state index in [2.05, 4.69) is 20.3 Å². The predicted octanol–water partition coefficient (Wildman–Crippen LogP) is 5.66. The second-order valence-electron chi connectivity index (χ2n) is 8.22. The first-order chi connectivity index (χ1) is 20.9. The monoisotopic (exact) mass is 646 g/mol. The molecule has 43 heavy (non-hydrogen) atoms. The summed E-state index contributed by atoms with van der Waals surface area (Å²) < 4.78 is 33.6. The third-order valence-electron chi connectivity index (χ3n) is 5.88. The first kappa shape index (κ1) is 31.7. The van der Waals surface area contributed by atoms with Gasteiger partial charge in [0.1, 0.15) is 15.9 Å². The molecule has 0 spiro atoms. The SMILES string of the molecule is COc1cc(-c2nnc(SC/C(=N/OC(=O)c3cccnc3Cl)c3ccc(OC)c(OC)c3OC)s2)cc(OC)c1OC. The van der Waals surface area contributed by atoms with Gasteiger partial charge in [-0.25, -0.2) is 9.78 Å². The Kier molecular flexibility index (Phi) is 10.9. The van der Waals surface area contributed by atoms with E-state index >= 15 is 0 Å². The zero-order valence-corrected chi connectivity index (χ0v) is 26.4. The lowest BCUT2D eigenvalue weighted by Crippen LogP contribution is -2.11. The number of halogens is 1. The summed E-state index contributed by atoms with van der Waals surface area (Å²) in [4.78, 5) is 22.0. The summed E-state index contributed by atoms with van der Waals surface area (Å²) >= 11 is 8.75. The van der Waals surface area contributed by atoms with Crippen LogP contribution in [-0.2, 0) is 4.84 Å². The third-order valence-corrected chi connectivity index (χ3v) is 8.30. The molecule has 2 aromatic carbocycles. The lowest BCUT2D eigenvalue weighted by atomic mass is 10.1. The quantitative estimate of drug-likeness (QED) is 0.0583. The topological polar surface area (TPSA) is 133 Å². The Hall–Kier alpha value is -4.27. The summed E-state index contributed by atoms with van der Waals surface area (Å²) in [5, 5.41) is 13.5. The van der Waals surface area contributed by atoms with Crippen molar-refractivity contribution in [3.05, 3.63) is 58.9 Å². The fraction of sp³-hybridized carbons (Fsp3) is 0.250. The Balaban J connectivity index is 1.66. The van der Waals surface area contributed by atoms with Gasteiger partial charge in [-0.3, -0.25) is 0 Å². The van der Waals surface area contributed by atoms with E-state index in [1.807, 2.05) is 0 Å². The lowest BCUT2D eigenvalue weighted by Gasteiger charge is -2.16. The van der Waals surface area contributed by atoms with Crippen molar-refractivity contribution in [1.82, 2.24) is 15.2 Å². The van der Waals surface area contributed by atoms with Crippen LogP contribution in [0.5, 0.6) is 34.5 Å². The molecule has 0 aliphatic rings. The normalized spacial score (nSPS) is 11.1. The van der Waals surface area contributed by atoms with Crippen molar-refractivity contribution in [2.45, 2.75) is 4.34 Å². The molecule has 12 nitrogen and oxygen atoms in total. The van der Waals surface area contributed by atoms with Crippen LogP contribution in [0.25, 0.3) is 10.6 Å². The van der Waals surface area contributed by atoms with Crippen molar-refractivity contribution < 1.29 is 38.1 Å². The Morgan fingerprint density at radius 2 is 1.51 bits per heavy atom. The number of nitrogens with zero attached hydrogens (tertiary/aromatic N) is 4. The highest BCUT2D eigenvalue weighted by atomic mass is 35.5. The molecule has 0 bridgehead atoms. The Labute approximate surface area is 260 Å². The average molecular weight is 647 g/mol. The van der Waals surface area contributed by atoms with Crippen LogP contribution >= 0.6 is 34.7 Å². The van der Waals surface area contributed by atoms with Gasteiger partial charge in [0.15, 0.2) is 27.3 Å². The van der Waals surface area contributed by atoms with E-state index in [0.717, 1.165) is 5.56 Å². The summed E-state index contributed by atoms with van der Waals surface area (Å²) in [5.41, 5.74) is 1.66. The molecule has 0 aliphatic carbocycles. The number of carbonyl (C=O) groups excluding carboxylic acids is 1. The van der Waals surface area contributed by atoms with E-state index in [9.17, 15) is 4.79 Å². The molecular weight excluding hydrogens is 620 g/mol. The maximum absolute atomic E-state index is 12.8. The molecule has 0 atom stereocenters. The summed E-state index contributed by atoms with van der Waals surface area (Å²) in [6.07, 6.45) is 1.47. The number of thioether (sulfide) groups is 1. The first-order valence-electron chi connectivity index (χ1n) is 12.3. The van der Waals surface area contributed by atoms with Gasteiger partial charge in [0.25, 0.3) is 0 Å². The van der Waals surface area contributed by atoms with Crippen molar-refractivity contribution in [3.8, 4) is 45.1 Å². The van der Waals surface area contributed by atoms with Gasteiger partial charge in [-0.05, 0) is 36.4 Å². The predicted molar refractivity (Wildman–Crippen MR) is 163 cm³/mol. The van der Waals surface area contributed by atoms with Gasteiger partial charge in [0.2, 0.25) is 11.5 Å². The minimum absolute atomic E-state index is 0.00416. The van der Waals surface area contributed by atoms with E-state index in [1.54, 1.807) is 44.6 Å². The molecule has 0 saturated carbocycles. The van der Waals surface area contributed by atoms with Crippen molar-refractivity contribution >= 4 is 46.4 Å². The zero-order chi connectivity index (χ0) is 30.9. The van der Waals surface area contributed by atoms with Crippen LogP contribution in [0.1, 0.15) is 15.9 Å². The van der Waals surface area contributed by atoms with E-state index in [0.29, 0.717) is 55.1 Å². The number of hydrogen-bond acceptors (Lipinski definition) is 14. The van der Waals surface area contributed by atoms with Crippen LogP contribution in [0.4, 0.5) is 0 Å². The maximum Gasteiger partial charge on any atom is 0.368 e. The molecule has 4 aromatic rings. The highest BCUT2D eigenvalue weighted by molar-refractivity contribution is 8.01. The number of hydrogen-bond donors (Lipinski definition) is 0. The van der Waals surface area contributed by atoms with Crippen molar-refractivity contribution in [2.75, 3.05) is 48.4 Å². The molecule has 0 N–H and O–H groups in total. The van der Waals surface area contributed by atoms with E-state index in [-0.39, 0.29) is 16.5 Å². The molecule has 0 saturated heterocycles. The van der Waals surface area contributed by atoms with E-state index in [1.165, 1.54) is 63.8 Å². The summed E-state index contributed by atoms with van der Waals surface area (Å²) in [5.74, 6) is 2.03. The smallest absolute Gasteiger partial charge is 0.368 e. The minimum atomic E-state index is -0.777. The second kappa shape index (κ2) is 14.8. The van der Waals surface area contributed by atoms with Gasteiger partial charge in [0, 0.05) is 23.1 Å². The standard InChI is InChI=1S/C28H27ClN4O8S2/c1-35-19-10-9-16(22(38-4)24(19)40-6)18(33-41-27(34)17-8-7-11-30-25(17)29)14-42-28-32-31-26(43-28)15-12-20(36-2)23(39-5)21(13-15)37-3/h7-13H,14H2,1-6H3/b33-18-. The van der Waals surface area contributed by atoms with Crippen LogP contribution in [-0.4, -0.2) is 75.3 Å². The second-order valence-corrected chi connectivity index (χ2v) is 10.8. The van der Waals surface area contributed by atoms with E-state index < -0.39 is 5.97 Å². The Bertz CT molecular complexity index is 1610. The summed E-state index contributed by atoms with van der Waals surface area (Å²) in [6.45, 7) is 0. The molecule has 226 valence electrons. The molecule has 0 unspecified atom stereocenters. The first-order valence-corrected chi connectivity index (χ1v) is 14.5. The number of aromatic nitrogens is 3. The number of methoxy groups -OCH3 is 6. The van der Waals surface area contributed by atoms with Crippen LogP contribution < -0.4 is 28.4 Å². The molecule has 0 radical (unpaired) electrons. The van der Waals surface area contributed by atoms with Gasteiger partial charge in [-0.2, -0.15) is 0 Å². The lowest BCUT2D eigenvalue weighted by molar-refractivity contribution is 0.0516. The molecule has 2 aromatic heterocycles. The average Bonchev–Trinajstić information content (AvgIpc) is 3.52. The number of carbonyl (C=O) groups is 1. The Morgan fingerprint density at radius 3 is 2.12 bits per heavy atom. The maximum atomic E-state index is 12.8. The largest absolute Gasteiger partial charge is 0.493 e. The molecule has 15 heteroatoms. The fourth-order valence-corrected chi connectivity index (χ4v) is 5.86. The number of benzene rings is 2. The highest BCUT2D eigenvalue weighted by Crippen LogP contribution is 2.43. The van der Waals surface area contributed by atoms with Crippen molar-refractivity contribution in [1.29, 1.82) is 0 Å². The molecule has 0 amide bonds.